The van der Waals surface area contributed by atoms with Crippen molar-refractivity contribution in [1.82, 2.24) is 14.7 Å². The maximum Gasteiger partial charge on any atom is 0.573 e. The molecule has 15 heteroatoms. The predicted molar refractivity (Wildman–Crippen MR) is 99.8 cm³/mol. The van der Waals surface area contributed by atoms with Crippen LogP contribution in [0.1, 0.15) is 0 Å². The van der Waals surface area contributed by atoms with Crippen molar-refractivity contribution in [2.45, 2.75) is 11.3 Å². The first-order chi connectivity index (χ1) is 13.4. The van der Waals surface area contributed by atoms with E-state index in [1.54, 1.807) is 0 Å². The highest BCUT2D eigenvalue weighted by atomic mass is 35.5. The first-order valence-corrected chi connectivity index (χ1v) is 9.56. The number of alkyl halides is 3. The summed E-state index contributed by atoms with van der Waals surface area (Å²) in [4.78, 5) is 7.11. The molecule has 29 heavy (non-hydrogen) atoms. The lowest BCUT2D eigenvalue weighted by Crippen LogP contribution is -2.34. The van der Waals surface area contributed by atoms with Crippen molar-refractivity contribution in [2.75, 3.05) is 19.5 Å². The number of rotatable bonds is 6. The van der Waals surface area contributed by atoms with Crippen LogP contribution in [0.4, 0.5) is 19.1 Å². The number of benzene rings is 1. The van der Waals surface area contributed by atoms with E-state index in [-0.39, 0.29) is 22.7 Å². The van der Waals surface area contributed by atoms with Crippen LogP contribution in [0, 0.1) is 0 Å². The van der Waals surface area contributed by atoms with E-state index in [4.69, 9.17) is 33.3 Å². The highest BCUT2D eigenvalue weighted by Crippen LogP contribution is 2.29. The van der Waals surface area contributed by atoms with Crippen LogP contribution in [0.3, 0.4) is 0 Å². The van der Waals surface area contributed by atoms with E-state index in [1.807, 2.05) is 4.72 Å². The molecule has 158 valence electrons. The maximum atomic E-state index is 12.5. The number of nitrogens with zero attached hydrogens (tertiary/aromatic N) is 2. The second-order valence-electron chi connectivity index (χ2n) is 4.98. The van der Waals surface area contributed by atoms with Gasteiger partial charge in [0.1, 0.15) is 10.6 Å². The van der Waals surface area contributed by atoms with Crippen molar-refractivity contribution >= 4 is 44.9 Å². The van der Waals surface area contributed by atoms with Crippen LogP contribution in [0.25, 0.3) is 0 Å². The number of thiocarbonyl (C=S) groups is 1. The summed E-state index contributed by atoms with van der Waals surface area (Å²) in [5, 5.41) is 1.55. The standard InChI is InChI=1S/C14H12ClF3N4O5S2/c1-25-10-6-11(26-2)20-12(19-10)21-13(28)22-29(23,24)9-5-7(3-4-8(9)15)27-14(16,17)18/h3-6H,1-2H3,(H2,19,20,21,22,28). The van der Waals surface area contributed by atoms with Gasteiger partial charge in [-0.25, -0.2) is 8.42 Å². The van der Waals surface area contributed by atoms with E-state index >= 15 is 0 Å². The smallest absolute Gasteiger partial charge is 0.481 e. The Kier molecular flexibility index (Phi) is 6.92. The summed E-state index contributed by atoms with van der Waals surface area (Å²) in [6, 6.07) is 3.77. The fourth-order valence-corrected chi connectivity index (χ4v) is 3.70. The Bertz CT molecular complexity index is 999. The highest BCUT2D eigenvalue weighted by molar-refractivity contribution is 7.92. The molecule has 2 N–H and O–H groups in total. The predicted octanol–water partition coefficient (Wildman–Crippen LogP) is 2.72. The summed E-state index contributed by atoms with van der Waals surface area (Å²) in [6.45, 7) is 0. The second-order valence-corrected chi connectivity index (χ2v) is 7.44. The minimum Gasteiger partial charge on any atom is -0.481 e. The molecular formula is C14H12ClF3N4O5S2. The Hall–Kier alpha value is -2.58. The summed E-state index contributed by atoms with van der Waals surface area (Å²) in [5.41, 5.74) is 0. The van der Waals surface area contributed by atoms with Gasteiger partial charge in [0, 0.05) is 6.07 Å². The quantitative estimate of drug-likeness (QED) is 0.613. The molecular weight excluding hydrogens is 461 g/mol. The minimum absolute atomic E-state index is 0.102. The van der Waals surface area contributed by atoms with Crippen LogP contribution in [-0.2, 0) is 10.0 Å². The summed E-state index contributed by atoms with van der Waals surface area (Å²) in [5.74, 6) is -0.730. The largest absolute Gasteiger partial charge is 0.573 e. The molecule has 0 amide bonds. The molecule has 1 heterocycles. The van der Waals surface area contributed by atoms with Crippen LogP contribution in [0.5, 0.6) is 17.5 Å². The van der Waals surface area contributed by atoms with Crippen LogP contribution >= 0.6 is 23.8 Å². The molecule has 0 aliphatic carbocycles. The van der Waals surface area contributed by atoms with Crippen molar-refractivity contribution in [3.05, 3.63) is 29.3 Å². The Labute approximate surface area is 173 Å². The Morgan fingerprint density at radius 3 is 2.24 bits per heavy atom. The van der Waals surface area contributed by atoms with E-state index in [0.29, 0.717) is 6.07 Å². The lowest BCUT2D eigenvalue weighted by atomic mass is 10.3. The summed E-state index contributed by atoms with van der Waals surface area (Å²) < 4.78 is 77.5. The van der Waals surface area contributed by atoms with Crippen molar-refractivity contribution in [3.8, 4) is 17.5 Å². The second kappa shape index (κ2) is 8.84. The minimum atomic E-state index is -5.01. The molecule has 0 saturated heterocycles. The number of anilines is 1. The average molecular weight is 473 g/mol. The van der Waals surface area contributed by atoms with Gasteiger partial charge in [-0.3, -0.25) is 4.72 Å². The maximum absolute atomic E-state index is 12.5. The highest BCUT2D eigenvalue weighted by Gasteiger charge is 2.32. The molecule has 0 saturated carbocycles. The molecule has 0 aliphatic heterocycles. The van der Waals surface area contributed by atoms with Gasteiger partial charge in [0.25, 0.3) is 10.0 Å². The van der Waals surface area contributed by atoms with Crippen LogP contribution in [-0.4, -0.2) is 44.1 Å². The first kappa shape index (κ1) is 22.7. The number of methoxy groups -OCH3 is 2. The van der Waals surface area contributed by atoms with Gasteiger partial charge in [0.15, 0.2) is 5.11 Å². The fraction of sp³-hybridized carbons (Fsp3) is 0.214. The van der Waals surface area contributed by atoms with Gasteiger partial charge in [0.05, 0.1) is 25.3 Å². The molecule has 2 aromatic rings. The van der Waals surface area contributed by atoms with E-state index in [1.165, 1.54) is 20.3 Å². The Morgan fingerprint density at radius 1 is 1.14 bits per heavy atom. The van der Waals surface area contributed by atoms with Crippen molar-refractivity contribution in [2.24, 2.45) is 0 Å². The molecule has 0 bridgehead atoms. The van der Waals surface area contributed by atoms with Crippen LogP contribution in [0.15, 0.2) is 29.2 Å². The van der Waals surface area contributed by atoms with Gasteiger partial charge in [-0.05, 0) is 24.4 Å². The van der Waals surface area contributed by atoms with Gasteiger partial charge in [-0.15, -0.1) is 13.2 Å². The zero-order valence-corrected chi connectivity index (χ0v) is 17.0. The number of nitrogens with one attached hydrogen (secondary N) is 2. The molecule has 1 aromatic heterocycles. The first-order valence-electron chi connectivity index (χ1n) is 7.29. The topological polar surface area (TPSA) is 112 Å². The number of aromatic nitrogens is 2. The molecule has 0 spiro atoms. The summed E-state index contributed by atoms with van der Waals surface area (Å²) in [6.07, 6.45) is -5.01. The molecule has 9 nitrogen and oxygen atoms in total. The normalized spacial score (nSPS) is 11.5. The summed E-state index contributed by atoms with van der Waals surface area (Å²) in [7, 11) is -1.80. The zero-order chi connectivity index (χ0) is 21.8. The molecule has 0 unspecified atom stereocenters. The van der Waals surface area contributed by atoms with E-state index < -0.39 is 32.1 Å². The van der Waals surface area contributed by atoms with Crippen LogP contribution in [0.2, 0.25) is 5.02 Å². The number of hydrogen-bond acceptors (Lipinski definition) is 8. The monoisotopic (exact) mass is 472 g/mol. The van der Waals surface area contributed by atoms with Gasteiger partial charge in [-0.2, -0.15) is 9.97 Å². The van der Waals surface area contributed by atoms with Crippen molar-refractivity contribution in [1.29, 1.82) is 0 Å². The molecule has 0 fully saturated rings. The number of hydrogen-bond donors (Lipinski definition) is 2. The van der Waals surface area contributed by atoms with Crippen molar-refractivity contribution < 1.29 is 35.8 Å². The molecule has 2 rings (SSSR count). The number of ether oxygens (including phenoxy) is 3. The fourth-order valence-electron chi connectivity index (χ4n) is 1.86. The Balaban J connectivity index is 2.23. The summed E-state index contributed by atoms with van der Waals surface area (Å²) >= 11 is 10.7. The third-order valence-corrected chi connectivity index (χ3v) is 5.14. The molecule has 0 aliphatic rings. The lowest BCUT2D eigenvalue weighted by Gasteiger charge is -2.14. The third-order valence-electron chi connectivity index (χ3n) is 2.98. The molecule has 0 radical (unpaired) electrons. The van der Waals surface area contributed by atoms with Gasteiger partial charge in [-0.1, -0.05) is 11.6 Å². The molecule has 1 aromatic carbocycles. The van der Waals surface area contributed by atoms with Gasteiger partial charge >= 0.3 is 6.36 Å². The third kappa shape index (κ3) is 6.47. The SMILES string of the molecule is COc1cc(OC)nc(NC(=S)NS(=O)(=O)c2cc(OC(F)(F)F)ccc2Cl)n1. The zero-order valence-electron chi connectivity index (χ0n) is 14.6. The van der Waals surface area contributed by atoms with Gasteiger partial charge in [0.2, 0.25) is 17.7 Å². The number of sulfonamides is 1. The number of halogens is 4. The van der Waals surface area contributed by atoms with E-state index in [9.17, 15) is 21.6 Å². The van der Waals surface area contributed by atoms with Crippen molar-refractivity contribution in [3.63, 3.8) is 0 Å². The van der Waals surface area contributed by atoms with E-state index in [2.05, 4.69) is 20.0 Å². The lowest BCUT2D eigenvalue weighted by molar-refractivity contribution is -0.274. The van der Waals surface area contributed by atoms with Gasteiger partial charge < -0.3 is 19.5 Å². The molecule has 0 atom stereocenters. The van der Waals surface area contributed by atoms with Crippen LogP contribution < -0.4 is 24.2 Å². The average Bonchev–Trinajstić information content (AvgIpc) is 2.61. The van der Waals surface area contributed by atoms with E-state index in [0.717, 1.165) is 12.1 Å². The Morgan fingerprint density at radius 2 is 1.72 bits per heavy atom.